The number of nitrogens with two attached hydrogens (primary N) is 1. The van der Waals surface area contributed by atoms with Crippen molar-refractivity contribution in [3.05, 3.63) is 63.9 Å². The molecule has 0 aliphatic rings. The minimum atomic E-state index is -0.587. The Bertz CT molecular complexity index is 689. The van der Waals surface area contributed by atoms with Crippen LogP contribution in [0.1, 0.15) is 16.7 Å². The summed E-state index contributed by atoms with van der Waals surface area (Å²) in [4.78, 5) is 0. The molecule has 6 heteroatoms. The third kappa shape index (κ3) is 3.44. The normalized spacial score (nSPS) is 11.5. The summed E-state index contributed by atoms with van der Waals surface area (Å²) in [5.41, 5.74) is 6.71. The molecule has 2 rings (SSSR count). The number of hydrogen-bond donors (Lipinski definition) is 2. The molecule has 0 fully saturated rings. The molecule has 0 saturated carbocycles. The fourth-order valence-electron chi connectivity index (χ4n) is 1.82. The van der Waals surface area contributed by atoms with Crippen molar-refractivity contribution in [3.63, 3.8) is 0 Å². The lowest BCUT2D eigenvalue weighted by atomic mass is 10.1. The summed E-state index contributed by atoms with van der Waals surface area (Å²) in [6.45, 7) is 1.89. The zero-order chi connectivity index (χ0) is 15.4. The lowest BCUT2D eigenvalue weighted by molar-refractivity contribution is 0.299. The molecule has 2 aromatic rings. The third-order valence-corrected chi connectivity index (χ3v) is 3.24. The van der Waals surface area contributed by atoms with Crippen molar-refractivity contribution in [1.29, 1.82) is 0 Å². The van der Waals surface area contributed by atoms with Crippen LogP contribution < -0.4 is 10.5 Å². The van der Waals surface area contributed by atoms with Crippen molar-refractivity contribution >= 4 is 17.4 Å². The number of oxime groups is 1. The highest BCUT2D eigenvalue weighted by molar-refractivity contribution is 6.32. The molecule has 21 heavy (non-hydrogen) atoms. The number of halogens is 2. The summed E-state index contributed by atoms with van der Waals surface area (Å²) >= 11 is 6.02. The molecule has 4 nitrogen and oxygen atoms in total. The molecule has 0 bridgehead atoms. The van der Waals surface area contributed by atoms with Crippen molar-refractivity contribution in [2.75, 3.05) is 0 Å². The Labute approximate surface area is 126 Å². The largest absolute Gasteiger partial charge is 0.487 e. The number of hydrogen-bond acceptors (Lipinski definition) is 3. The van der Waals surface area contributed by atoms with E-state index in [2.05, 4.69) is 5.16 Å². The van der Waals surface area contributed by atoms with Crippen molar-refractivity contribution in [3.8, 4) is 5.75 Å². The molecule has 0 unspecified atom stereocenters. The van der Waals surface area contributed by atoms with Crippen LogP contribution in [0.25, 0.3) is 0 Å². The van der Waals surface area contributed by atoms with E-state index in [1.165, 1.54) is 6.07 Å². The molecule has 0 radical (unpaired) electrons. The standard InChI is InChI=1S/C15H14ClFN2O2/c1-9-5-6-12(16)13(7-9)21-8-10-3-2-4-11(14(10)17)15(18)19-20/h2-7,20H,8H2,1H3,(H2,18,19). The van der Waals surface area contributed by atoms with E-state index in [0.717, 1.165) is 5.56 Å². The van der Waals surface area contributed by atoms with Crippen molar-refractivity contribution in [1.82, 2.24) is 0 Å². The molecule has 3 N–H and O–H groups in total. The highest BCUT2D eigenvalue weighted by Crippen LogP contribution is 2.26. The number of rotatable bonds is 4. The maximum atomic E-state index is 14.2. The first-order valence-corrected chi connectivity index (χ1v) is 6.55. The lowest BCUT2D eigenvalue weighted by Gasteiger charge is -2.11. The SMILES string of the molecule is Cc1ccc(Cl)c(OCc2cccc(/C(N)=N/O)c2F)c1. The average molecular weight is 309 g/mol. The molecule has 0 atom stereocenters. The van der Waals surface area contributed by atoms with Gasteiger partial charge in [-0.15, -0.1) is 0 Å². The van der Waals surface area contributed by atoms with Crippen LogP contribution in [-0.4, -0.2) is 11.0 Å². The van der Waals surface area contributed by atoms with Gasteiger partial charge < -0.3 is 15.7 Å². The molecule has 0 heterocycles. The highest BCUT2D eigenvalue weighted by atomic mass is 35.5. The highest BCUT2D eigenvalue weighted by Gasteiger charge is 2.12. The van der Waals surface area contributed by atoms with E-state index in [9.17, 15) is 4.39 Å². The maximum Gasteiger partial charge on any atom is 0.173 e. The van der Waals surface area contributed by atoms with Crippen molar-refractivity contribution in [2.45, 2.75) is 13.5 Å². The van der Waals surface area contributed by atoms with Gasteiger partial charge in [0.1, 0.15) is 18.2 Å². The van der Waals surface area contributed by atoms with Gasteiger partial charge in [-0.1, -0.05) is 35.0 Å². The van der Waals surface area contributed by atoms with E-state index in [-0.39, 0.29) is 23.6 Å². The Hall–Kier alpha value is -2.27. The number of benzene rings is 2. The molecule has 0 aromatic heterocycles. The topological polar surface area (TPSA) is 67.8 Å². The van der Waals surface area contributed by atoms with E-state index in [1.54, 1.807) is 24.3 Å². The van der Waals surface area contributed by atoms with Crippen LogP contribution in [-0.2, 0) is 6.61 Å². The minimum absolute atomic E-state index is 0.0123. The summed E-state index contributed by atoms with van der Waals surface area (Å²) in [7, 11) is 0. The first-order chi connectivity index (χ1) is 10.0. The third-order valence-electron chi connectivity index (χ3n) is 2.93. The molecule has 0 aliphatic heterocycles. The summed E-state index contributed by atoms with van der Waals surface area (Å²) in [6, 6.07) is 9.94. The van der Waals surface area contributed by atoms with Gasteiger partial charge in [0, 0.05) is 5.56 Å². The molecule has 110 valence electrons. The first-order valence-electron chi connectivity index (χ1n) is 6.17. The Kier molecular flexibility index (Phi) is 4.65. The second-order valence-corrected chi connectivity index (χ2v) is 4.89. The molecule has 2 aromatic carbocycles. The van der Waals surface area contributed by atoms with Gasteiger partial charge in [0.15, 0.2) is 5.84 Å². The Morgan fingerprint density at radius 2 is 2.14 bits per heavy atom. The first kappa shape index (κ1) is 15.1. The lowest BCUT2D eigenvalue weighted by Crippen LogP contribution is -2.16. The van der Waals surface area contributed by atoms with Crippen LogP contribution >= 0.6 is 11.6 Å². The van der Waals surface area contributed by atoms with Crippen molar-refractivity contribution in [2.24, 2.45) is 10.9 Å². The van der Waals surface area contributed by atoms with Crippen molar-refractivity contribution < 1.29 is 14.3 Å². The number of ether oxygens (including phenoxy) is 1. The number of amidine groups is 1. The van der Waals surface area contributed by atoms with Crippen LogP contribution in [0.2, 0.25) is 5.02 Å². The van der Waals surface area contributed by atoms with Gasteiger partial charge in [-0.05, 0) is 30.7 Å². The van der Waals surface area contributed by atoms with E-state index >= 15 is 0 Å². The monoisotopic (exact) mass is 308 g/mol. The molecule has 0 amide bonds. The van der Waals surface area contributed by atoms with E-state index in [4.69, 9.17) is 27.3 Å². The zero-order valence-corrected chi connectivity index (χ0v) is 12.1. The van der Waals surface area contributed by atoms with Crippen LogP contribution in [0.15, 0.2) is 41.6 Å². The van der Waals surface area contributed by atoms with E-state index in [0.29, 0.717) is 10.8 Å². The zero-order valence-electron chi connectivity index (χ0n) is 11.3. The van der Waals surface area contributed by atoms with E-state index in [1.807, 2.05) is 13.0 Å². The number of nitrogens with zero attached hydrogens (tertiary/aromatic N) is 1. The molecule has 0 saturated heterocycles. The molecule has 0 aliphatic carbocycles. The quantitative estimate of drug-likeness (QED) is 0.393. The summed E-state index contributed by atoms with van der Waals surface area (Å²) in [6.07, 6.45) is 0. The maximum absolute atomic E-state index is 14.2. The van der Waals surface area contributed by atoms with Gasteiger partial charge in [0.25, 0.3) is 0 Å². The predicted octanol–water partition coefficient (Wildman–Crippen LogP) is 3.46. The molecular formula is C15H14ClFN2O2. The Morgan fingerprint density at radius 1 is 1.38 bits per heavy atom. The Balaban J connectivity index is 2.23. The van der Waals surface area contributed by atoms with Crippen LogP contribution in [0.5, 0.6) is 5.75 Å². The summed E-state index contributed by atoms with van der Waals surface area (Å²) in [5.74, 6) is -0.398. The minimum Gasteiger partial charge on any atom is -0.487 e. The predicted molar refractivity (Wildman–Crippen MR) is 79.4 cm³/mol. The fourth-order valence-corrected chi connectivity index (χ4v) is 1.99. The van der Waals surface area contributed by atoms with Crippen LogP contribution in [0, 0.1) is 12.7 Å². The fraction of sp³-hybridized carbons (Fsp3) is 0.133. The van der Waals surface area contributed by atoms with Crippen LogP contribution in [0.3, 0.4) is 0 Å². The van der Waals surface area contributed by atoms with Gasteiger partial charge in [0.2, 0.25) is 0 Å². The second kappa shape index (κ2) is 6.45. The van der Waals surface area contributed by atoms with Gasteiger partial charge in [-0.25, -0.2) is 4.39 Å². The summed E-state index contributed by atoms with van der Waals surface area (Å²) < 4.78 is 19.7. The average Bonchev–Trinajstić information content (AvgIpc) is 2.48. The molecular weight excluding hydrogens is 295 g/mol. The van der Waals surface area contributed by atoms with Gasteiger partial charge >= 0.3 is 0 Å². The van der Waals surface area contributed by atoms with Gasteiger partial charge in [-0.3, -0.25) is 0 Å². The number of aryl methyl sites for hydroxylation is 1. The molecule has 0 spiro atoms. The smallest absolute Gasteiger partial charge is 0.173 e. The Morgan fingerprint density at radius 3 is 2.86 bits per heavy atom. The second-order valence-electron chi connectivity index (χ2n) is 4.49. The van der Waals surface area contributed by atoms with Gasteiger partial charge in [-0.2, -0.15) is 0 Å². The van der Waals surface area contributed by atoms with Crippen LogP contribution in [0.4, 0.5) is 4.39 Å². The van der Waals surface area contributed by atoms with Gasteiger partial charge in [0.05, 0.1) is 10.6 Å². The van der Waals surface area contributed by atoms with E-state index < -0.39 is 5.82 Å². The summed E-state index contributed by atoms with van der Waals surface area (Å²) in [5, 5.41) is 11.9.